The first-order valence-electron chi connectivity index (χ1n) is 12.9. The fourth-order valence-corrected chi connectivity index (χ4v) is 6.13. The molecule has 6 rings (SSSR count). The lowest BCUT2D eigenvalue weighted by Gasteiger charge is -2.33. The fourth-order valence-electron chi connectivity index (χ4n) is 6.13. The first kappa shape index (κ1) is 25.2. The molecule has 0 saturated carbocycles. The van der Waals surface area contributed by atoms with Crippen LogP contribution in [0.1, 0.15) is 57.6 Å². The van der Waals surface area contributed by atoms with E-state index in [9.17, 15) is 24.4 Å². The van der Waals surface area contributed by atoms with Crippen molar-refractivity contribution in [2.45, 2.75) is 64.1 Å². The Bertz CT molecular complexity index is 1600. The molecule has 2 aromatic carbocycles. The third-order valence-corrected chi connectivity index (χ3v) is 7.87. The summed E-state index contributed by atoms with van der Waals surface area (Å²) in [6.07, 6.45) is -1.98. The van der Waals surface area contributed by atoms with E-state index in [-0.39, 0.29) is 24.1 Å². The van der Waals surface area contributed by atoms with Gasteiger partial charge in [0.15, 0.2) is 23.7 Å². The molecule has 0 bridgehead atoms. The van der Waals surface area contributed by atoms with Crippen LogP contribution in [0.5, 0.6) is 0 Å². The third-order valence-electron chi connectivity index (χ3n) is 7.87. The Morgan fingerprint density at radius 2 is 1.82 bits per heavy atom. The Hall–Kier alpha value is -4.09. The number of amides is 1. The van der Waals surface area contributed by atoms with Gasteiger partial charge in [-0.15, -0.1) is 0 Å². The molecule has 3 aromatic rings. The normalized spacial score (nSPS) is 26.8. The summed E-state index contributed by atoms with van der Waals surface area (Å²) >= 11 is 0. The molecule has 2 fully saturated rings. The molecule has 11 nitrogen and oxygen atoms in total. The number of aromatic nitrogens is 2. The van der Waals surface area contributed by atoms with Crippen molar-refractivity contribution in [3.05, 3.63) is 70.3 Å². The number of ether oxygens (including phenoxy) is 2. The van der Waals surface area contributed by atoms with Crippen molar-refractivity contribution in [3.8, 4) is 0 Å². The summed E-state index contributed by atoms with van der Waals surface area (Å²) < 4.78 is 13.0. The monoisotopic (exact) mass is 532 g/mol. The van der Waals surface area contributed by atoms with Crippen LogP contribution in [0.25, 0.3) is 10.9 Å². The van der Waals surface area contributed by atoms with Crippen LogP contribution in [0.4, 0.5) is 5.69 Å². The Morgan fingerprint density at radius 1 is 1.13 bits per heavy atom. The zero-order valence-corrected chi connectivity index (χ0v) is 21.9. The quantitative estimate of drug-likeness (QED) is 0.504. The van der Waals surface area contributed by atoms with Crippen LogP contribution < -0.4 is 10.5 Å². The van der Waals surface area contributed by atoms with Gasteiger partial charge in [-0.3, -0.25) is 23.9 Å². The molecule has 0 radical (unpaired) electrons. The van der Waals surface area contributed by atoms with Gasteiger partial charge in [0.1, 0.15) is 12.1 Å². The van der Waals surface area contributed by atoms with Gasteiger partial charge < -0.3 is 14.7 Å². The van der Waals surface area contributed by atoms with E-state index in [1.165, 1.54) is 16.4 Å². The number of carbonyl (C=O) groups is 3. The van der Waals surface area contributed by atoms with Crippen LogP contribution in [0.15, 0.2) is 53.3 Å². The zero-order chi connectivity index (χ0) is 27.8. The van der Waals surface area contributed by atoms with Gasteiger partial charge in [0.25, 0.3) is 5.56 Å². The fraction of sp³-hybridized carbons (Fsp3) is 0.393. The highest BCUT2D eigenvalue weighted by atomic mass is 16.6. The number of carbonyl (C=O) groups excluding carboxylic acids is 3. The van der Waals surface area contributed by atoms with Gasteiger partial charge in [-0.05, 0) is 31.0 Å². The van der Waals surface area contributed by atoms with E-state index in [0.717, 1.165) is 5.06 Å². The predicted molar refractivity (Wildman–Crippen MR) is 138 cm³/mol. The van der Waals surface area contributed by atoms with Crippen LogP contribution in [-0.4, -0.2) is 49.9 Å². The summed E-state index contributed by atoms with van der Waals surface area (Å²) in [7, 11) is 0. The lowest BCUT2D eigenvalue weighted by Crippen LogP contribution is -2.50. The summed E-state index contributed by atoms with van der Waals surface area (Å²) in [6, 6.07) is 11.8. The molecule has 1 N–H and O–H groups in total. The van der Waals surface area contributed by atoms with E-state index in [1.54, 1.807) is 55.5 Å². The van der Waals surface area contributed by atoms with E-state index < -0.39 is 47.5 Å². The smallest absolute Gasteiger partial charge is 0.330 e. The molecule has 1 aromatic heterocycles. The Kier molecular flexibility index (Phi) is 5.63. The maximum atomic E-state index is 14.0. The number of rotatable bonds is 4. The largest absolute Gasteiger partial charge is 0.454 e. The van der Waals surface area contributed by atoms with Crippen LogP contribution in [0.3, 0.4) is 0 Å². The second-order valence-corrected chi connectivity index (χ2v) is 10.6. The molecular formula is C28H28N4O7. The van der Waals surface area contributed by atoms with Crippen molar-refractivity contribution >= 4 is 34.4 Å². The van der Waals surface area contributed by atoms with Crippen LogP contribution in [0.2, 0.25) is 0 Å². The van der Waals surface area contributed by atoms with Crippen LogP contribution in [0, 0.1) is 5.92 Å². The number of fused-ring (bicyclic) bond motifs is 6. The van der Waals surface area contributed by atoms with E-state index in [4.69, 9.17) is 14.5 Å². The first-order chi connectivity index (χ1) is 18.6. The van der Waals surface area contributed by atoms with E-state index >= 15 is 0 Å². The molecule has 1 amide bonds. The number of anilines is 1. The van der Waals surface area contributed by atoms with Gasteiger partial charge in [-0.1, -0.05) is 44.2 Å². The predicted octanol–water partition coefficient (Wildman–Crippen LogP) is 2.81. The number of benzene rings is 2. The number of para-hydroxylation sites is 2. The molecule has 1 spiro atoms. The van der Waals surface area contributed by atoms with E-state index in [1.807, 2.05) is 13.8 Å². The van der Waals surface area contributed by atoms with Gasteiger partial charge in [0, 0.05) is 18.9 Å². The van der Waals surface area contributed by atoms with Crippen LogP contribution >= 0.6 is 0 Å². The van der Waals surface area contributed by atoms with Crippen molar-refractivity contribution in [2.75, 3.05) is 4.90 Å². The lowest BCUT2D eigenvalue weighted by molar-refractivity contribution is -0.190. The highest BCUT2D eigenvalue weighted by molar-refractivity contribution is 6.02. The average Bonchev–Trinajstić information content (AvgIpc) is 3.47. The van der Waals surface area contributed by atoms with Gasteiger partial charge in [0.05, 0.1) is 16.6 Å². The van der Waals surface area contributed by atoms with Crippen molar-refractivity contribution in [1.82, 2.24) is 14.6 Å². The second kappa shape index (κ2) is 8.72. The molecule has 11 heteroatoms. The SMILES string of the molecule is CC(=O)O[C@@H](c1nc2ccccc2c(=O)n1[C@H]1C[C@]2(OC1=O)c1ccccc1N1C(=O)[C@H](C)N(O)[C@H]12)C(C)C. The topological polar surface area (TPSA) is 131 Å². The third kappa shape index (κ3) is 3.46. The molecule has 3 aliphatic rings. The zero-order valence-electron chi connectivity index (χ0n) is 21.9. The van der Waals surface area contributed by atoms with E-state index in [2.05, 4.69) is 0 Å². The maximum Gasteiger partial charge on any atom is 0.330 e. The van der Waals surface area contributed by atoms with Crippen molar-refractivity contribution < 1.29 is 29.1 Å². The minimum absolute atomic E-state index is 0.0567. The maximum absolute atomic E-state index is 14.0. The van der Waals surface area contributed by atoms with Crippen LogP contribution in [-0.2, 0) is 29.5 Å². The van der Waals surface area contributed by atoms with Crippen molar-refractivity contribution in [1.29, 1.82) is 0 Å². The number of nitrogens with zero attached hydrogens (tertiary/aromatic N) is 4. The molecule has 202 valence electrons. The number of hydroxylamine groups is 2. The summed E-state index contributed by atoms with van der Waals surface area (Å²) in [4.78, 5) is 59.1. The van der Waals surface area contributed by atoms with Gasteiger partial charge in [0.2, 0.25) is 5.91 Å². The number of hydrogen-bond donors (Lipinski definition) is 1. The number of hydrogen-bond acceptors (Lipinski definition) is 9. The highest BCUT2D eigenvalue weighted by Gasteiger charge is 2.67. The molecule has 3 aliphatic heterocycles. The molecular weight excluding hydrogens is 504 g/mol. The Labute approximate surface area is 223 Å². The summed E-state index contributed by atoms with van der Waals surface area (Å²) in [5.41, 5.74) is -0.415. The molecule has 2 saturated heterocycles. The van der Waals surface area contributed by atoms with E-state index in [0.29, 0.717) is 22.2 Å². The summed E-state index contributed by atoms with van der Waals surface area (Å²) in [5, 5.41) is 12.2. The van der Waals surface area contributed by atoms with Crippen molar-refractivity contribution in [2.24, 2.45) is 5.92 Å². The minimum Gasteiger partial charge on any atom is -0.454 e. The minimum atomic E-state index is -1.44. The molecule has 0 aliphatic carbocycles. The Balaban J connectivity index is 1.56. The lowest BCUT2D eigenvalue weighted by atomic mass is 9.88. The molecule has 0 unspecified atom stereocenters. The standard InChI is InChI=1S/C28H28N4O7/c1-14(2)22(38-16(4)33)23-29-19-11-7-5-9-17(19)25(35)30(23)21-13-28(39-26(21)36)18-10-6-8-12-20(18)31-24(34)15(3)32(37)27(28)31/h5-12,14-15,21-22,27,37H,13H2,1-4H3/t15-,21-,22+,27-,28-/m0/s1. The van der Waals surface area contributed by atoms with Gasteiger partial charge in [-0.2, -0.15) is 5.06 Å². The molecule has 39 heavy (non-hydrogen) atoms. The average molecular weight is 533 g/mol. The second-order valence-electron chi connectivity index (χ2n) is 10.6. The summed E-state index contributed by atoms with van der Waals surface area (Å²) in [5.74, 6) is -1.74. The molecule has 5 atom stereocenters. The highest BCUT2D eigenvalue weighted by Crippen LogP contribution is 2.57. The van der Waals surface area contributed by atoms with Crippen molar-refractivity contribution in [3.63, 3.8) is 0 Å². The summed E-state index contributed by atoms with van der Waals surface area (Å²) in [6.45, 7) is 6.51. The first-order valence-corrected chi connectivity index (χ1v) is 12.9. The Morgan fingerprint density at radius 3 is 2.54 bits per heavy atom. The van der Waals surface area contributed by atoms with Gasteiger partial charge >= 0.3 is 11.9 Å². The van der Waals surface area contributed by atoms with Gasteiger partial charge in [-0.25, -0.2) is 9.78 Å². The molecule has 4 heterocycles. The number of esters is 2.